The van der Waals surface area contributed by atoms with Crippen LogP contribution in [0.4, 0.5) is 0 Å². The SMILES string of the molecule is CCOC1N(C)[SiH2]N1C. The molecule has 1 rings (SSSR count). The Hall–Kier alpha value is 0.0969. The minimum Gasteiger partial charge on any atom is -0.351 e. The summed E-state index contributed by atoms with van der Waals surface area (Å²) < 4.78 is 9.98. The highest BCUT2D eigenvalue weighted by Crippen LogP contribution is 2.11. The molecule has 1 heterocycles. The molecular formula is C5H14N2OSi. The Labute approximate surface area is 58.6 Å². The lowest BCUT2D eigenvalue weighted by Gasteiger charge is -2.45. The van der Waals surface area contributed by atoms with E-state index in [0.717, 1.165) is 6.61 Å². The normalized spacial score (nSPS) is 33.0. The Bertz CT molecular complexity index is 93.0. The van der Waals surface area contributed by atoms with E-state index >= 15 is 0 Å². The zero-order chi connectivity index (χ0) is 6.85. The van der Waals surface area contributed by atoms with Gasteiger partial charge in [0.15, 0.2) is 16.2 Å². The van der Waals surface area contributed by atoms with Gasteiger partial charge in [0.25, 0.3) is 0 Å². The topological polar surface area (TPSA) is 15.7 Å². The van der Waals surface area contributed by atoms with E-state index in [4.69, 9.17) is 4.74 Å². The minimum absolute atomic E-state index is 0.0724. The van der Waals surface area contributed by atoms with Crippen LogP contribution in [0.3, 0.4) is 0 Å². The molecule has 0 aromatic heterocycles. The minimum atomic E-state index is -0.0724. The van der Waals surface area contributed by atoms with Crippen molar-refractivity contribution in [1.82, 2.24) is 9.13 Å². The van der Waals surface area contributed by atoms with E-state index < -0.39 is 0 Å². The van der Waals surface area contributed by atoms with Gasteiger partial charge in [-0.2, -0.15) is 0 Å². The summed E-state index contributed by atoms with van der Waals surface area (Å²) in [5.74, 6) is 0. The third kappa shape index (κ3) is 1.32. The first-order valence-electron chi connectivity index (χ1n) is 3.27. The Morgan fingerprint density at radius 3 is 2.22 bits per heavy atom. The number of hydrogen-bond acceptors (Lipinski definition) is 3. The van der Waals surface area contributed by atoms with E-state index in [2.05, 4.69) is 23.2 Å². The van der Waals surface area contributed by atoms with E-state index in [0.29, 0.717) is 6.35 Å². The molecule has 0 unspecified atom stereocenters. The van der Waals surface area contributed by atoms with Crippen LogP contribution >= 0.6 is 0 Å². The van der Waals surface area contributed by atoms with Crippen LogP contribution in [-0.4, -0.2) is 46.0 Å². The Morgan fingerprint density at radius 2 is 2.00 bits per heavy atom. The van der Waals surface area contributed by atoms with Gasteiger partial charge in [-0.25, -0.2) is 0 Å². The lowest BCUT2D eigenvalue weighted by Crippen LogP contribution is -2.64. The number of ether oxygens (including phenoxy) is 1. The van der Waals surface area contributed by atoms with Gasteiger partial charge in [0, 0.05) is 6.61 Å². The lowest BCUT2D eigenvalue weighted by atomic mass is 10.8. The predicted octanol–water partition coefficient (Wildman–Crippen LogP) is -0.818. The maximum Gasteiger partial charge on any atom is 0.178 e. The molecule has 1 fully saturated rings. The second-order valence-corrected chi connectivity index (χ2v) is 4.72. The maximum atomic E-state index is 5.39. The molecule has 0 aromatic rings. The zero-order valence-electron chi connectivity index (χ0n) is 6.29. The molecule has 1 aliphatic rings. The summed E-state index contributed by atoms with van der Waals surface area (Å²) in [6.07, 6.45) is 0.293. The van der Waals surface area contributed by atoms with Crippen LogP contribution < -0.4 is 0 Å². The van der Waals surface area contributed by atoms with Crippen LogP contribution in [0, 0.1) is 0 Å². The van der Waals surface area contributed by atoms with Crippen molar-refractivity contribution < 1.29 is 4.74 Å². The molecule has 0 atom stereocenters. The summed E-state index contributed by atoms with van der Waals surface area (Å²) in [6.45, 7) is 2.84. The van der Waals surface area contributed by atoms with Crippen molar-refractivity contribution in [2.24, 2.45) is 0 Å². The predicted molar refractivity (Wildman–Crippen MR) is 39.5 cm³/mol. The van der Waals surface area contributed by atoms with Gasteiger partial charge in [-0.05, 0) is 21.0 Å². The molecule has 0 amide bonds. The van der Waals surface area contributed by atoms with Gasteiger partial charge in [0.2, 0.25) is 0 Å². The van der Waals surface area contributed by atoms with Gasteiger partial charge in [0.1, 0.15) is 0 Å². The highest BCUT2D eigenvalue weighted by Gasteiger charge is 2.30. The molecule has 0 saturated carbocycles. The molecule has 0 bridgehead atoms. The Kier molecular flexibility index (Phi) is 2.23. The van der Waals surface area contributed by atoms with E-state index in [-0.39, 0.29) is 9.84 Å². The van der Waals surface area contributed by atoms with Gasteiger partial charge >= 0.3 is 0 Å². The highest BCUT2D eigenvalue weighted by atomic mass is 28.2. The lowest BCUT2D eigenvalue weighted by molar-refractivity contribution is -0.111. The average molecular weight is 146 g/mol. The molecule has 0 radical (unpaired) electrons. The van der Waals surface area contributed by atoms with Gasteiger partial charge < -0.3 is 4.74 Å². The van der Waals surface area contributed by atoms with Gasteiger partial charge in [-0.3, -0.25) is 9.13 Å². The fraction of sp³-hybridized carbons (Fsp3) is 1.00. The summed E-state index contributed by atoms with van der Waals surface area (Å²) in [4.78, 5) is 0. The van der Waals surface area contributed by atoms with E-state index in [9.17, 15) is 0 Å². The smallest absolute Gasteiger partial charge is 0.178 e. The molecule has 0 spiro atoms. The van der Waals surface area contributed by atoms with Crippen LogP contribution in [0.5, 0.6) is 0 Å². The summed E-state index contributed by atoms with van der Waals surface area (Å²) >= 11 is 0. The molecular weight excluding hydrogens is 132 g/mol. The van der Waals surface area contributed by atoms with Crippen LogP contribution in [0.15, 0.2) is 0 Å². The molecule has 4 heteroatoms. The first-order chi connectivity index (χ1) is 4.25. The molecule has 1 saturated heterocycles. The Morgan fingerprint density at radius 1 is 1.44 bits per heavy atom. The number of hydrogen-bond donors (Lipinski definition) is 0. The maximum absolute atomic E-state index is 5.39. The number of rotatable bonds is 2. The first kappa shape index (κ1) is 7.21. The zero-order valence-corrected chi connectivity index (χ0v) is 7.71. The Balaban J connectivity index is 2.22. The van der Waals surface area contributed by atoms with Crippen molar-refractivity contribution in [3.63, 3.8) is 0 Å². The molecule has 0 aliphatic carbocycles. The number of nitrogens with zero attached hydrogens (tertiary/aromatic N) is 2. The average Bonchev–Trinajstić information content (AvgIpc) is 1.84. The van der Waals surface area contributed by atoms with Crippen LogP contribution in [0.2, 0.25) is 0 Å². The fourth-order valence-electron chi connectivity index (χ4n) is 1.14. The highest BCUT2D eigenvalue weighted by molar-refractivity contribution is 6.31. The monoisotopic (exact) mass is 146 g/mol. The fourth-order valence-corrected chi connectivity index (χ4v) is 2.58. The summed E-state index contributed by atoms with van der Waals surface area (Å²) in [5, 5.41) is 0. The van der Waals surface area contributed by atoms with Gasteiger partial charge in [-0.15, -0.1) is 0 Å². The third-order valence-corrected chi connectivity index (χ3v) is 3.03. The van der Waals surface area contributed by atoms with Crippen molar-refractivity contribution >= 4 is 9.84 Å². The van der Waals surface area contributed by atoms with Crippen LogP contribution in [0.1, 0.15) is 6.92 Å². The van der Waals surface area contributed by atoms with E-state index in [1.807, 2.05) is 6.92 Å². The molecule has 1 aliphatic heterocycles. The van der Waals surface area contributed by atoms with Gasteiger partial charge in [-0.1, -0.05) is 0 Å². The summed E-state index contributed by atoms with van der Waals surface area (Å²) in [7, 11) is 4.16. The molecule has 0 N–H and O–H groups in total. The van der Waals surface area contributed by atoms with Gasteiger partial charge in [0.05, 0.1) is 0 Å². The van der Waals surface area contributed by atoms with Crippen LogP contribution in [-0.2, 0) is 4.74 Å². The third-order valence-electron chi connectivity index (χ3n) is 1.52. The van der Waals surface area contributed by atoms with E-state index in [1.165, 1.54) is 0 Å². The molecule has 3 nitrogen and oxygen atoms in total. The molecule has 54 valence electrons. The van der Waals surface area contributed by atoms with Crippen LogP contribution in [0.25, 0.3) is 0 Å². The van der Waals surface area contributed by atoms with Crippen molar-refractivity contribution in [2.45, 2.75) is 13.3 Å². The molecule has 9 heavy (non-hydrogen) atoms. The van der Waals surface area contributed by atoms with E-state index in [1.54, 1.807) is 0 Å². The molecule has 0 aromatic carbocycles. The second kappa shape index (κ2) is 2.79. The second-order valence-electron chi connectivity index (χ2n) is 2.44. The van der Waals surface area contributed by atoms with Crippen molar-refractivity contribution in [3.8, 4) is 0 Å². The standard InChI is InChI=1S/C5H14N2OSi/c1-4-8-5-6(2)9-7(5)3/h5H,4,9H2,1-3H3. The van der Waals surface area contributed by atoms with Crippen molar-refractivity contribution in [1.29, 1.82) is 0 Å². The van der Waals surface area contributed by atoms with Crippen molar-refractivity contribution in [2.75, 3.05) is 20.7 Å². The summed E-state index contributed by atoms with van der Waals surface area (Å²) in [6, 6.07) is 0. The quantitative estimate of drug-likeness (QED) is 0.474. The largest absolute Gasteiger partial charge is 0.351 e. The van der Waals surface area contributed by atoms with Crippen molar-refractivity contribution in [3.05, 3.63) is 0 Å². The summed E-state index contributed by atoms with van der Waals surface area (Å²) in [5.41, 5.74) is 0. The first-order valence-corrected chi connectivity index (χ1v) is 4.54.